The van der Waals surface area contributed by atoms with E-state index in [0.717, 1.165) is 18.5 Å². The van der Waals surface area contributed by atoms with E-state index >= 15 is 0 Å². The van der Waals surface area contributed by atoms with Gasteiger partial charge in [-0.15, -0.1) is 0 Å². The summed E-state index contributed by atoms with van der Waals surface area (Å²) in [6, 6.07) is 0.0607. The molecule has 0 aliphatic carbocycles. The second kappa shape index (κ2) is 3.93. The van der Waals surface area contributed by atoms with E-state index in [0.29, 0.717) is 0 Å². The third kappa shape index (κ3) is 2.21. The van der Waals surface area contributed by atoms with Crippen LogP contribution in [0.4, 0.5) is 13.2 Å². The molecule has 14 heavy (non-hydrogen) atoms. The molecule has 1 rings (SSSR count). The Morgan fingerprint density at radius 3 is 2.57 bits per heavy atom. The number of nitrogens with two attached hydrogens (primary N) is 2. The van der Waals surface area contributed by atoms with E-state index in [1.54, 1.807) is 0 Å². The van der Waals surface area contributed by atoms with E-state index in [9.17, 15) is 13.2 Å². The van der Waals surface area contributed by atoms with Crippen LogP contribution in [0.15, 0.2) is 18.5 Å². The molecule has 0 radical (unpaired) electrons. The zero-order valence-electron chi connectivity index (χ0n) is 7.25. The fraction of sp³-hybridized carbons (Fsp3) is 0.375. The summed E-state index contributed by atoms with van der Waals surface area (Å²) in [5, 5.41) is 0. The zero-order chi connectivity index (χ0) is 10.8. The molecular weight excluding hydrogens is 195 g/mol. The van der Waals surface area contributed by atoms with Crippen molar-refractivity contribution in [3.63, 3.8) is 0 Å². The summed E-state index contributed by atoms with van der Waals surface area (Å²) >= 11 is 0. The Bertz CT molecular complexity index is 311. The minimum absolute atomic E-state index is 0.0469. The number of nitrogens with zero attached hydrogens (tertiary/aromatic N) is 1. The summed E-state index contributed by atoms with van der Waals surface area (Å²) in [6.45, 7) is -0.0469. The Morgan fingerprint density at radius 1 is 1.43 bits per heavy atom. The molecule has 0 fully saturated rings. The normalized spacial score (nSPS) is 14.1. The summed E-state index contributed by atoms with van der Waals surface area (Å²) < 4.78 is 37.3. The van der Waals surface area contributed by atoms with Crippen molar-refractivity contribution in [2.75, 3.05) is 6.54 Å². The third-order valence-corrected chi connectivity index (χ3v) is 1.81. The zero-order valence-corrected chi connectivity index (χ0v) is 7.25. The van der Waals surface area contributed by atoms with Crippen molar-refractivity contribution >= 4 is 0 Å². The van der Waals surface area contributed by atoms with Gasteiger partial charge in [-0.25, -0.2) is 0 Å². The maximum absolute atomic E-state index is 12.4. The number of pyridine rings is 1. The smallest absolute Gasteiger partial charge is 0.329 e. The van der Waals surface area contributed by atoms with E-state index in [2.05, 4.69) is 4.98 Å². The third-order valence-electron chi connectivity index (χ3n) is 1.81. The first-order valence-electron chi connectivity index (χ1n) is 3.93. The predicted molar refractivity (Wildman–Crippen MR) is 45.2 cm³/mol. The topological polar surface area (TPSA) is 64.9 Å². The van der Waals surface area contributed by atoms with Crippen LogP contribution in [-0.2, 0) is 6.18 Å². The van der Waals surface area contributed by atoms with Crippen LogP contribution in [0.5, 0.6) is 0 Å². The number of halogens is 3. The molecule has 78 valence electrons. The van der Waals surface area contributed by atoms with Crippen molar-refractivity contribution in [3.05, 3.63) is 29.6 Å². The van der Waals surface area contributed by atoms with Crippen LogP contribution in [0.1, 0.15) is 17.2 Å². The van der Waals surface area contributed by atoms with E-state index < -0.39 is 17.8 Å². The molecule has 1 atom stereocenters. The molecular formula is C8H10F3N3. The molecule has 0 aromatic carbocycles. The van der Waals surface area contributed by atoms with Gasteiger partial charge >= 0.3 is 6.18 Å². The minimum atomic E-state index is -4.41. The van der Waals surface area contributed by atoms with Crippen LogP contribution >= 0.6 is 0 Å². The summed E-state index contributed by atoms with van der Waals surface area (Å²) in [7, 11) is 0. The lowest BCUT2D eigenvalue weighted by Crippen LogP contribution is -2.24. The highest BCUT2D eigenvalue weighted by Crippen LogP contribution is 2.33. The van der Waals surface area contributed by atoms with Gasteiger partial charge in [-0.2, -0.15) is 13.2 Å². The largest absolute Gasteiger partial charge is 0.416 e. The SMILES string of the molecule is NCC(N)c1cnccc1C(F)(F)F. The van der Waals surface area contributed by atoms with E-state index in [1.807, 2.05) is 0 Å². The molecule has 0 saturated carbocycles. The van der Waals surface area contributed by atoms with Crippen molar-refractivity contribution in [2.45, 2.75) is 12.2 Å². The first-order valence-corrected chi connectivity index (χ1v) is 3.93. The van der Waals surface area contributed by atoms with Crippen LogP contribution in [0, 0.1) is 0 Å². The molecule has 0 spiro atoms. The van der Waals surface area contributed by atoms with Crippen molar-refractivity contribution in [2.24, 2.45) is 11.5 Å². The summed E-state index contributed by atoms with van der Waals surface area (Å²) in [6.07, 6.45) is -2.24. The quantitative estimate of drug-likeness (QED) is 0.758. The molecule has 4 N–H and O–H groups in total. The van der Waals surface area contributed by atoms with Gasteiger partial charge in [-0.3, -0.25) is 4.98 Å². The Hall–Kier alpha value is -1.14. The van der Waals surface area contributed by atoms with Crippen molar-refractivity contribution in [3.8, 4) is 0 Å². The lowest BCUT2D eigenvalue weighted by Gasteiger charge is -2.15. The summed E-state index contributed by atoms with van der Waals surface area (Å²) in [4.78, 5) is 3.59. The number of alkyl halides is 3. The Labute approximate surface area is 78.9 Å². The van der Waals surface area contributed by atoms with E-state index in [-0.39, 0.29) is 12.1 Å². The highest BCUT2D eigenvalue weighted by molar-refractivity contribution is 5.29. The molecule has 1 aromatic heterocycles. The fourth-order valence-corrected chi connectivity index (χ4v) is 1.09. The van der Waals surface area contributed by atoms with Gasteiger partial charge in [0, 0.05) is 30.5 Å². The molecule has 0 saturated heterocycles. The lowest BCUT2D eigenvalue weighted by molar-refractivity contribution is -0.138. The van der Waals surface area contributed by atoms with Crippen LogP contribution < -0.4 is 11.5 Å². The highest BCUT2D eigenvalue weighted by atomic mass is 19.4. The van der Waals surface area contributed by atoms with Crippen molar-refractivity contribution < 1.29 is 13.2 Å². The van der Waals surface area contributed by atoms with Crippen LogP contribution in [0.25, 0.3) is 0 Å². The van der Waals surface area contributed by atoms with Crippen LogP contribution in [0.3, 0.4) is 0 Å². The van der Waals surface area contributed by atoms with Gasteiger partial charge < -0.3 is 11.5 Å². The Balaban J connectivity index is 3.16. The maximum atomic E-state index is 12.4. The standard InChI is InChI=1S/C8H10F3N3/c9-8(10,11)6-1-2-14-4-5(6)7(13)3-12/h1-2,4,7H,3,12-13H2. The average molecular weight is 205 g/mol. The van der Waals surface area contributed by atoms with E-state index in [1.165, 1.54) is 0 Å². The lowest BCUT2D eigenvalue weighted by atomic mass is 10.0. The first kappa shape index (κ1) is 10.9. The second-order valence-electron chi connectivity index (χ2n) is 2.80. The predicted octanol–water partition coefficient (Wildman–Crippen LogP) is 1.06. The molecule has 1 aromatic rings. The fourth-order valence-electron chi connectivity index (χ4n) is 1.09. The van der Waals surface area contributed by atoms with E-state index in [4.69, 9.17) is 11.5 Å². The molecule has 0 bridgehead atoms. The molecule has 0 aliphatic rings. The number of hydrogen-bond acceptors (Lipinski definition) is 3. The second-order valence-corrected chi connectivity index (χ2v) is 2.80. The molecule has 1 heterocycles. The van der Waals surface area contributed by atoms with Gasteiger partial charge in [-0.05, 0) is 6.07 Å². The first-order chi connectivity index (χ1) is 6.46. The average Bonchev–Trinajstić information content (AvgIpc) is 2.15. The van der Waals surface area contributed by atoms with Gasteiger partial charge in [0.05, 0.1) is 5.56 Å². The maximum Gasteiger partial charge on any atom is 0.416 e. The molecule has 3 nitrogen and oxygen atoms in total. The van der Waals surface area contributed by atoms with Gasteiger partial charge in [-0.1, -0.05) is 0 Å². The highest BCUT2D eigenvalue weighted by Gasteiger charge is 2.34. The Kier molecular flexibility index (Phi) is 3.07. The monoisotopic (exact) mass is 205 g/mol. The number of rotatable bonds is 2. The Morgan fingerprint density at radius 2 is 2.07 bits per heavy atom. The van der Waals surface area contributed by atoms with Crippen LogP contribution in [0.2, 0.25) is 0 Å². The minimum Gasteiger partial charge on any atom is -0.329 e. The molecule has 0 aliphatic heterocycles. The van der Waals surface area contributed by atoms with Gasteiger partial charge in [0.25, 0.3) is 0 Å². The number of hydrogen-bond donors (Lipinski definition) is 2. The molecule has 0 amide bonds. The number of aromatic nitrogens is 1. The van der Waals surface area contributed by atoms with Gasteiger partial charge in [0.1, 0.15) is 0 Å². The molecule has 6 heteroatoms. The summed E-state index contributed by atoms with van der Waals surface area (Å²) in [5.41, 5.74) is 9.78. The van der Waals surface area contributed by atoms with Gasteiger partial charge in [0.2, 0.25) is 0 Å². The molecule has 1 unspecified atom stereocenters. The van der Waals surface area contributed by atoms with Crippen molar-refractivity contribution in [1.82, 2.24) is 4.98 Å². The van der Waals surface area contributed by atoms with Crippen LogP contribution in [-0.4, -0.2) is 11.5 Å². The summed E-state index contributed by atoms with van der Waals surface area (Å²) in [5.74, 6) is 0. The van der Waals surface area contributed by atoms with Crippen molar-refractivity contribution in [1.29, 1.82) is 0 Å². The van der Waals surface area contributed by atoms with Gasteiger partial charge in [0.15, 0.2) is 0 Å².